The summed E-state index contributed by atoms with van der Waals surface area (Å²) in [4.78, 5) is 29.1. The molecule has 1 aliphatic carbocycles. The number of nitrogens with zero attached hydrogens (tertiary/aromatic N) is 1. The van der Waals surface area contributed by atoms with E-state index < -0.39 is 0 Å². The second kappa shape index (κ2) is 8.84. The first-order chi connectivity index (χ1) is 14.6. The number of ether oxygens (including phenoxy) is 1. The van der Waals surface area contributed by atoms with E-state index in [1.165, 1.54) is 11.3 Å². The number of hydrogen-bond donors (Lipinski definition) is 0. The zero-order chi connectivity index (χ0) is 21.1. The number of carbonyl (C=O) groups is 2. The van der Waals surface area contributed by atoms with Crippen molar-refractivity contribution in [3.8, 4) is 10.4 Å². The molecule has 0 aliphatic heterocycles. The van der Waals surface area contributed by atoms with Crippen molar-refractivity contribution in [1.29, 1.82) is 0 Å². The number of carbonyl (C=O) groups excluding carboxylic acids is 2. The van der Waals surface area contributed by atoms with E-state index in [1.54, 1.807) is 6.92 Å². The van der Waals surface area contributed by atoms with E-state index >= 15 is 0 Å². The van der Waals surface area contributed by atoms with Crippen LogP contribution in [-0.2, 0) is 4.74 Å². The molecule has 0 spiro atoms. The minimum absolute atomic E-state index is 0.0632. The summed E-state index contributed by atoms with van der Waals surface area (Å²) in [5.74, 6) is -0.446. The summed E-state index contributed by atoms with van der Waals surface area (Å²) >= 11 is 1.48. The monoisotopic (exact) mass is 419 g/mol. The maximum absolute atomic E-state index is 13.5. The number of amides is 1. The third-order valence-electron chi connectivity index (χ3n) is 5.44. The molecule has 1 aliphatic rings. The van der Waals surface area contributed by atoms with Crippen LogP contribution in [0.3, 0.4) is 0 Å². The molecule has 2 aromatic carbocycles. The van der Waals surface area contributed by atoms with Crippen LogP contribution < -0.4 is 4.90 Å². The van der Waals surface area contributed by atoms with E-state index in [0.29, 0.717) is 22.7 Å². The molecule has 1 saturated carbocycles. The first-order valence-corrected chi connectivity index (χ1v) is 11.2. The van der Waals surface area contributed by atoms with E-state index in [9.17, 15) is 9.59 Å². The molecule has 1 fully saturated rings. The molecule has 4 nitrogen and oxygen atoms in total. The number of anilines is 1. The SMILES string of the molecule is CCOC(=O)c1cc(-c2ccccc2)sc1N(C(=O)c1ccc(C)cc1)C1CCC1. The van der Waals surface area contributed by atoms with Crippen molar-refractivity contribution in [3.05, 3.63) is 77.4 Å². The smallest absolute Gasteiger partial charge is 0.341 e. The highest BCUT2D eigenvalue weighted by atomic mass is 32.1. The molecule has 4 rings (SSSR count). The Balaban J connectivity index is 1.80. The van der Waals surface area contributed by atoms with Gasteiger partial charge in [0.1, 0.15) is 5.00 Å². The lowest BCUT2D eigenvalue weighted by Gasteiger charge is -2.37. The highest BCUT2D eigenvalue weighted by Crippen LogP contribution is 2.42. The van der Waals surface area contributed by atoms with Gasteiger partial charge in [0.05, 0.1) is 12.2 Å². The Bertz CT molecular complexity index is 1040. The van der Waals surface area contributed by atoms with Crippen LogP contribution in [0.1, 0.15) is 52.5 Å². The summed E-state index contributed by atoms with van der Waals surface area (Å²) < 4.78 is 5.33. The molecular weight excluding hydrogens is 394 g/mol. The van der Waals surface area contributed by atoms with Crippen LogP contribution in [0, 0.1) is 6.92 Å². The Hall–Kier alpha value is -2.92. The van der Waals surface area contributed by atoms with Gasteiger partial charge in [0.25, 0.3) is 5.91 Å². The molecule has 0 bridgehead atoms. The quantitative estimate of drug-likeness (QED) is 0.454. The van der Waals surface area contributed by atoms with Gasteiger partial charge in [0, 0.05) is 16.5 Å². The average Bonchev–Trinajstić information content (AvgIpc) is 3.16. The zero-order valence-electron chi connectivity index (χ0n) is 17.3. The summed E-state index contributed by atoms with van der Waals surface area (Å²) in [5, 5.41) is 0.683. The number of aryl methyl sites for hydroxylation is 1. The Morgan fingerprint density at radius 1 is 1.07 bits per heavy atom. The molecular formula is C25H25NO3S. The molecule has 0 unspecified atom stereocenters. The number of benzene rings is 2. The van der Waals surface area contributed by atoms with Crippen molar-refractivity contribution in [2.75, 3.05) is 11.5 Å². The average molecular weight is 420 g/mol. The van der Waals surface area contributed by atoms with Crippen LogP contribution in [0.25, 0.3) is 10.4 Å². The third kappa shape index (κ3) is 4.03. The summed E-state index contributed by atoms with van der Waals surface area (Å²) in [5.41, 5.74) is 3.23. The van der Waals surface area contributed by atoms with Crippen LogP contribution >= 0.6 is 11.3 Å². The topological polar surface area (TPSA) is 46.6 Å². The third-order valence-corrected chi connectivity index (χ3v) is 6.63. The number of hydrogen-bond acceptors (Lipinski definition) is 4. The fourth-order valence-electron chi connectivity index (χ4n) is 3.56. The molecule has 0 saturated heterocycles. The number of rotatable bonds is 6. The Labute approximate surface area is 181 Å². The Morgan fingerprint density at radius 2 is 1.77 bits per heavy atom. The van der Waals surface area contributed by atoms with Gasteiger partial charge in [-0.3, -0.25) is 9.69 Å². The molecule has 30 heavy (non-hydrogen) atoms. The highest BCUT2D eigenvalue weighted by molar-refractivity contribution is 7.20. The fraction of sp³-hybridized carbons (Fsp3) is 0.280. The van der Waals surface area contributed by atoms with Gasteiger partial charge in [0.15, 0.2) is 0 Å². The van der Waals surface area contributed by atoms with Crippen molar-refractivity contribution in [2.45, 2.75) is 39.2 Å². The normalized spacial score (nSPS) is 13.5. The molecule has 1 heterocycles. The van der Waals surface area contributed by atoms with Crippen molar-refractivity contribution < 1.29 is 14.3 Å². The van der Waals surface area contributed by atoms with Gasteiger partial charge in [-0.2, -0.15) is 0 Å². The van der Waals surface area contributed by atoms with E-state index in [0.717, 1.165) is 35.3 Å². The lowest BCUT2D eigenvalue weighted by molar-refractivity contribution is 0.0527. The summed E-state index contributed by atoms with van der Waals surface area (Å²) in [6.45, 7) is 4.09. The van der Waals surface area contributed by atoms with E-state index in [4.69, 9.17) is 4.74 Å². The van der Waals surface area contributed by atoms with Crippen molar-refractivity contribution in [1.82, 2.24) is 0 Å². The van der Waals surface area contributed by atoms with Crippen LogP contribution in [0.5, 0.6) is 0 Å². The minimum Gasteiger partial charge on any atom is -0.462 e. The van der Waals surface area contributed by atoms with E-state index in [-0.39, 0.29) is 17.9 Å². The maximum atomic E-state index is 13.5. The Kier molecular flexibility index (Phi) is 6.00. The van der Waals surface area contributed by atoms with Gasteiger partial charge in [-0.1, -0.05) is 48.0 Å². The lowest BCUT2D eigenvalue weighted by Crippen LogP contribution is -2.44. The van der Waals surface area contributed by atoms with Crippen LogP contribution in [0.2, 0.25) is 0 Å². The van der Waals surface area contributed by atoms with Gasteiger partial charge in [-0.25, -0.2) is 4.79 Å². The molecule has 154 valence electrons. The highest BCUT2D eigenvalue weighted by Gasteiger charge is 2.35. The predicted octanol–water partition coefficient (Wildman–Crippen LogP) is 6.10. The summed E-state index contributed by atoms with van der Waals surface area (Å²) in [6.07, 6.45) is 2.98. The van der Waals surface area contributed by atoms with Gasteiger partial charge in [0.2, 0.25) is 0 Å². The number of thiophene rings is 1. The predicted molar refractivity (Wildman–Crippen MR) is 121 cm³/mol. The van der Waals surface area contributed by atoms with Gasteiger partial charge < -0.3 is 4.74 Å². The Morgan fingerprint density at radius 3 is 2.37 bits per heavy atom. The molecule has 3 aromatic rings. The van der Waals surface area contributed by atoms with Crippen LogP contribution in [0.4, 0.5) is 5.00 Å². The lowest BCUT2D eigenvalue weighted by atomic mass is 9.91. The first kappa shape index (κ1) is 20.4. The molecule has 5 heteroatoms. The molecule has 0 atom stereocenters. The fourth-order valence-corrected chi connectivity index (χ4v) is 4.79. The van der Waals surface area contributed by atoms with Crippen molar-refractivity contribution in [3.63, 3.8) is 0 Å². The zero-order valence-corrected chi connectivity index (χ0v) is 18.1. The van der Waals surface area contributed by atoms with Gasteiger partial charge in [-0.15, -0.1) is 11.3 Å². The number of esters is 1. The van der Waals surface area contributed by atoms with Crippen LogP contribution in [-0.4, -0.2) is 24.5 Å². The minimum atomic E-state index is -0.382. The second-order valence-corrected chi connectivity index (χ2v) is 8.57. The molecule has 1 amide bonds. The molecule has 1 aromatic heterocycles. The van der Waals surface area contributed by atoms with E-state index in [2.05, 4.69) is 0 Å². The molecule has 0 N–H and O–H groups in total. The summed E-state index contributed by atoms with van der Waals surface area (Å²) in [6, 6.07) is 19.5. The van der Waals surface area contributed by atoms with Crippen LogP contribution in [0.15, 0.2) is 60.7 Å². The van der Waals surface area contributed by atoms with Gasteiger partial charge >= 0.3 is 5.97 Å². The summed E-state index contributed by atoms with van der Waals surface area (Å²) in [7, 11) is 0. The maximum Gasteiger partial charge on any atom is 0.341 e. The van der Waals surface area contributed by atoms with E-state index in [1.807, 2.05) is 72.5 Å². The second-order valence-electron chi connectivity index (χ2n) is 7.54. The molecule has 0 radical (unpaired) electrons. The van der Waals surface area contributed by atoms with Crippen molar-refractivity contribution >= 4 is 28.2 Å². The van der Waals surface area contributed by atoms with Gasteiger partial charge in [-0.05, 0) is 56.9 Å². The van der Waals surface area contributed by atoms with Crippen molar-refractivity contribution in [2.24, 2.45) is 0 Å². The standard InChI is InChI=1S/C25H25NO3S/c1-3-29-25(28)21-16-22(18-8-5-4-6-9-18)30-24(21)26(20-10-7-11-20)23(27)19-14-12-17(2)13-15-19/h4-6,8-9,12-16,20H,3,7,10-11H2,1-2H3. The first-order valence-electron chi connectivity index (χ1n) is 10.3. The largest absolute Gasteiger partial charge is 0.462 e.